The summed E-state index contributed by atoms with van der Waals surface area (Å²) in [5, 5.41) is 29.2. The van der Waals surface area contributed by atoms with Gasteiger partial charge in [-0.2, -0.15) is 0 Å². The van der Waals surface area contributed by atoms with Crippen LogP contribution in [0.3, 0.4) is 0 Å². The van der Waals surface area contributed by atoms with Crippen molar-refractivity contribution in [2.45, 2.75) is 31.7 Å². The zero-order chi connectivity index (χ0) is 9.72. The Kier molecular flexibility index (Phi) is 4.80. The SMILES string of the molecule is CNC(=O)[C@H](O)[C@@H](O)C[C@@H](C)O. The van der Waals surface area contributed by atoms with Crippen molar-refractivity contribution < 1.29 is 20.1 Å². The van der Waals surface area contributed by atoms with Gasteiger partial charge in [-0.15, -0.1) is 0 Å². The molecule has 0 aliphatic carbocycles. The highest BCUT2D eigenvalue weighted by Gasteiger charge is 2.23. The molecule has 0 rings (SSSR count). The molecule has 0 heterocycles. The maximum absolute atomic E-state index is 10.7. The predicted octanol–water partition coefficient (Wildman–Crippen LogP) is -1.77. The second-order valence-corrected chi connectivity index (χ2v) is 2.71. The van der Waals surface area contributed by atoms with E-state index in [1.54, 1.807) is 0 Å². The molecule has 0 fully saturated rings. The van der Waals surface area contributed by atoms with E-state index in [0.29, 0.717) is 0 Å². The van der Waals surface area contributed by atoms with Gasteiger partial charge in [0.2, 0.25) is 0 Å². The highest BCUT2D eigenvalue weighted by molar-refractivity contribution is 5.80. The molecule has 0 saturated carbocycles. The van der Waals surface area contributed by atoms with Crippen LogP contribution in [0.4, 0.5) is 0 Å². The number of hydrogen-bond acceptors (Lipinski definition) is 4. The first kappa shape index (κ1) is 11.4. The van der Waals surface area contributed by atoms with Crippen molar-refractivity contribution in [1.82, 2.24) is 5.32 Å². The lowest BCUT2D eigenvalue weighted by Gasteiger charge is -2.17. The van der Waals surface area contributed by atoms with Crippen molar-refractivity contribution >= 4 is 5.91 Å². The lowest BCUT2D eigenvalue weighted by Crippen LogP contribution is -2.41. The Morgan fingerprint density at radius 3 is 2.25 bits per heavy atom. The number of aliphatic hydroxyl groups excluding tert-OH is 3. The summed E-state index contributed by atoms with van der Waals surface area (Å²) in [5.41, 5.74) is 0. The maximum atomic E-state index is 10.7. The Labute approximate surface area is 71.0 Å². The van der Waals surface area contributed by atoms with Crippen LogP contribution >= 0.6 is 0 Å². The minimum absolute atomic E-state index is 0.0193. The lowest BCUT2D eigenvalue weighted by molar-refractivity contribution is -0.135. The van der Waals surface area contributed by atoms with Crippen LogP contribution in [0.5, 0.6) is 0 Å². The summed E-state index contributed by atoms with van der Waals surface area (Å²) in [5.74, 6) is -0.650. The third kappa shape index (κ3) is 3.66. The first-order valence-electron chi connectivity index (χ1n) is 3.74. The minimum atomic E-state index is -1.47. The maximum Gasteiger partial charge on any atom is 0.251 e. The van der Waals surface area contributed by atoms with Crippen LogP contribution in [0, 0.1) is 0 Å². The molecule has 3 atom stereocenters. The quantitative estimate of drug-likeness (QED) is 0.409. The zero-order valence-electron chi connectivity index (χ0n) is 7.19. The molecule has 0 bridgehead atoms. The normalized spacial score (nSPS) is 18.1. The zero-order valence-corrected chi connectivity index (χ0v) is 7.19. The van der Waals surface area contributed by atoms with Gasteiger partial charge in [0.1, 0.15) is 0 Å². The van der Waals surface area contributed by atoms with E-state index in [1.807, 2.05) is 0 Å². The molecule has 0 aromatic heterocycles. The van der Waals surface area contributed by atoms with Crippen LogP contribution < -0.4 is 5.32 Å². The molecule has 0 aliphatic heterocycles. The molecule has 0 saturated heterocycles. The van der Waals surface area contributed by atoms with Gasteiger partial charge in [0, 0.05) is 13.5 Å². The number of hydrogen-bond donors (Lipinski definition) is 4. The fourth-order valence-electron chi connectivity index (χ4n) is 0.801. The standard InChI is InChI=1S/C7H15NO4/c1-4(9)3-5(10)6(11)7(12)8-2/h4-6,9-11H,3H2,1-2H3,(H,8,12)/t4-,5+,6-/m1/s1. The van der Waals surface area contributed by atoms with E-state index >= 15 is 0 Å². The average molecular weight is 177 g/mol. The van der Waals surface area contributed by atoms with E-state index in [1.165, 1.54) is 14.0 Å². The molecule has 0 aliphatic rings. The highest BCUT2D eigenvalue weighted by atomic mass is 16.3. The molecule has 1 amide bonds. The molecule has 12 heavy (non-hydrogen) atoms. The van der Waals surface area contributed by atoms with Crippen molar-refractivity contribution in [1.29, 1.82) is 0 Å². The van der Waals surface area contributed by atoms with Crippen LogP contribution in [0.15, 0.2) is 0 Å². The van der Waals surface area contributed by atoms with E-state index in [-0.39, 0.29) is 6.42 Å². The highest BCUT2D eigenvalue weighted by Crippen LogP contribution is 2.02. The van der Waals surface area contributed by atoms with Gasteiger partial charge in [0.05, 0.1) is 12.2 Å². The number of rotatable bonds is 4. The van der Waals surface area contributed by atoms with E-state index < -0.39 is 24.2 Å². The van der Waals surface area contributed by atoms with Crippen LogP contribution in [-0.2, 0) is 4.79 Å². The molecule has 72 valence electrons. The molecule has 0 aromatic rings. The molecular weight excluding hydrogens is 162 g/mol. The van der Waals surface area contributed by atoms with Crippen LogP contribution in [0.2, 0.25) is 0 Å². The Hall–Kier alpha value is -0.650. The van der Waals surface area contributed by atoms with E-state index in [2.05, 4.69) is 5.32 Å². The second-order valence-electron chi connectivity index (χ2n) is 2.71. The van der Waals surface area contributed by atoms with Crippen molar-refractivity contribution in [2.75, 3.05) is 7.05 Å². The largest absolute Gasteiger partial charge is 0.393 e. The average Bonchev–Trinajstić information content (AvgIpc) is 2.00. The van der Waals surface area contributed by atoms with Crippen LogP contribution in [0.25, 0.3) is 0 Å². The first-order valence-corrected chi connectivity index (χ1v) is 3.74. The Balaban J connectivity index is 3.91. The monoisotopic (exact) mass is 177 g/mol. The van der Waals surface area contributed by atoms with Crippen molar-refractivity contribution in [3.63, 3.8) is 0 Å². The first-order chi connectivity index (χ1) is 5.49. The van der Waals surface area contributed by atoms with Gasteiger partial charge < -0.3 is 20.6 Å². The molecular formula is C7H15NO4. The molecule has 5 nitrogen and oxygen atoms in total. The third-order valence-electron chi connectivity index (χ3n) is 1.46. The van der Waals surface area contributed by atoms with E-state index in [4.69, 9.17) is 15.3 Å². The smallest absolute Gasteiger partial charge is 0.251 e. The Morgan fingerprint density at radius 1 is 1.42 bits per heavy atom. The summed E-state index contributed by atoms with van der Waals surface area (Å²) < 4.78 is 0. The summed E-state index contributed by atoms with van der Waals surface area (Å²) in [6.07, 6.45) is -3.44. The van der Waals surface area contributed by atoms with E-state index in [0.717, 1.165) is 0 Å². The Morgan fingerprint density at radius 2 is 1.92 bits per heavy atom. The lowest BCUT2D eigenvalue weighted by atomic mass is 10.1. The molecule has 4 N–H and O–H groups in total. The fraction of sp³-hybridized carbons (Fsp3) is 0.857. The summed E-state index contributed by atoms with van der Waals surface area (Å²) in [6.45, 7) is 1.47. The van der Waals surface area contributed by atoms with Gasteiger partial charge in [0.25, 0.3) is 5.91 Å². The predicted molar refractivity (Wildman–Crippen MR) is 42.4 cm³/mol. The number of nitrogens with one attached hydrogen (secondary N) is 1. The van der Waals surface area contributed by atoms with Gasteiger partial charge >= 0.3 is 0 Å². The number of carbonyl (C=O) groups is 1. The van der Waals surface area contributed by atoms with Gasteiger partial charge in [-0.25, -0.2) is 0 Å². The van der Waals surface area contributed by atoms with E-state index in [9.17, 15) is 4.79 Å². The molecule has 0 aromatic carbocycles. The van der Waals surface area contributed by atoms with Crippen molar-refractivity contribution in [3.8, 4) is 0 Å². The summed E-state index contributed by atoms with van der Waals surface area (Å²) in [7, 11) is 1.36. The van der Waals surface area contributed by atoms with Gasteiger partial charge in [-0.1, -0.05) is 0 Å². The number of likely N-dealkylation sites (N-methyl/N-ethyl adjacent to an activating group) is 1. The number of carbonyl (C=O) groups excluding carboxylic acids is 1. The molecule has 0 spiro atoms. The molecule has 0 radical (unpaired) electrons. The van der Waals surface area contributed by atoms with Crippen LogP contribution in [-0.4, -0.2) is 46.6 Å². The second kappa shape index (κ2) is 5.08. The number of amides is 1. The summed E-state index contributed by atoms with van der Waals surface area (Å²) >= 11 is 0. The fourth-order valence-corrected chi connectivity index (χ4v) is 0.801. The van der Waals surface area contributed by atoms with Crippen LogP contribution in [0.1, 0.15) is 13.3 Å². The molecule has 0 unspecified atom stereocenters. The summed E-state index contributed by atoms with van der Waals surface area (Å²) in [6, 6.07) is 0. The third-order valence-corrected chi connectivity index (χ3v) is 1.46. The summed E-state index contributed by atoms with van der Waals surface area (Å²) in [4.78, 5) is 10.7. The number of aliphatic hydroxyl groups is 3. The Bertz CT molecular complexity index is 148. The molecule has 5 heteroatoms. The van der Waals surface area contributed by atoms with Gasteiger partial charge in [-0.05, 0) is 6.92 Å². The van der Waals surface area contributed by atoms with Gasteiger partial charge in [0.15, 0.2) is 6.10 Å². The minimum Gasteiger partial charge on any atom is -0.393 e. The van der Waals surface area contributed by atoms with Crippen molar-refractivity contribution in [3.05, 3.63) is 0 Å². The van der Waals surface area contributed by atoms with Gasteiger partial charge in [-0.3, -0.25) is 4.79 Å². The topological polar surface area (TPSA) is 89.8 Å². The van der Waals surface area contributed by atoms with Crippen molar-refractivity contribution in [2.24, 2.45) is 0 Å².